The van der Waals surface area contributed by atoms with Gasteiger partial charge in [-0.15, -0.1) is 24.2 Å². The molecule has 2 rings (SSSR count). The SMILES string of the molecule is Cl.O=C(NCc1cccc(Cl)c1)C1CSCN1. The lowest BCUT2D eigenvalue weighted by Crippen LogP contribution is -2.41. The molecule has 0 radical (unpaired) electrons. The molecule has 1 aliphatic heterocycles. The third kappa shape index (κ3) is 4.39. The third-order valence-electron chi connectivity index (χ3n) is 2.39. The summed E-state index contributed by atoms with van der Waals surface area (Å²) in [6, 6.07) is 7.46. The van der Waals surface area contributed by atoms with Crippen LogP contribution >= 0.6 is 35.8 Å². The van der Waals surface area contributed by atoms with Crippen molar-refractivity contribution in [1.29, 1.82) is 0 Å². The molecule has 1 saturated heterocycles. The Labute approximate surface area is 116 Å². The van der Waals surface area contributed by atoms with E-state index in [4.69, 9.17) is 11.6 Å². The van der Waals surface area contributed by atoms with E-state index in [2.05, 4.69) is 10.6 Å². The van der Waals surface area contributed by atoms with Crippen molar-refractivity contribution < 1.29 is 4.79 Å². The van der Waals surface area contributed by atoms with Crippen molar-refractivity contribution >= 4 is 41.7 Å². The van der Waals surface area contributed by atoms with Gasteiger partial charge in [-0.2, -0.15) is 0 Å². The molecule has 2 N–H and O–H groups in total. The number of amides is 1. The highest BCUT2D eigenvalue weighted by Crippen LogP contribution is 2.11. The topological polar surface area (TPSA) is 41.1 Å². The summed E-state index contributed by atoms with van der Waals surface area (Å²) in [5.74, 6) is 1.77. The molecule has 1 aliphatic rings. The Bertz CT molecular complexity index is 383. The van der Waals surface area contributed by atoms with Crippen LogP contribution in [-0.4, -0.2) is 23.6 Å². The summed E-state index contributed by atoms with van der Waals surface area (Å²) < 4.78 is 0. The average molecular weight is 293 g/mol. The van der Waals surface area contributed by atoms with Gasteiger partial charge in [-0.3, -0.25) is 10.1 Å². The molecule has 1 fully saturated rings. The summed E-state index contributed by atoms with van der Waals surface area (Å²) in [4.78, 5) is 11.7. The number of thioether (sulfide) groups is 1. The molecule has 94 valence electrons. The zero-order valence-electron chi connectivity index (χ0n) is 9.11. The Balaban J connectivity index is 0.00000144. The van der Waals surface area contributed by atoms with Crippen molar-refractivity contribution in [3.8, 4) is 0 Å². The molecular weight excluding hydrogens is 279 g/mol. The Morgan fingerprint density at radius 2 is 2.41 bits per heavy atom. The van der Waals surface area contributed by atoms with Gasteiger partial charge in [0.25, 0.3) is 0 Å². The molecule has 1 atom stereocenters. The lowest BCUT2D eigenvalue weighted by Gasteiger charge is -2.10. The molecule has 0 aromatic heterocycles. The number of carbonyl (C=O) groups is 1. The van der Waals surface area contributed by atoms with Crippen LogP contribution in [0.15, 0.2) is 24.3 Å². The smallest absolute Gasteiger partial charge is 0.238 e. The maximum atomic E-state index is 11.7. The highest BCUT2D eigenvalue weighted by molar-refractivity contribution is 7.99. The fourth-order valence-corrected chi connectivity index (χ4v) is 2.68. The van der Waals surface area contributed by atoms with Gasteiger partial charge in [-0.1, -0.05) is 23.7 Å². The Morgan fingerprint density at radius 1 is 1.59 bits per heavy atom. The normalized spacial score (nSPS) is 18.5. The van der Waals surface area contributed by atoms with E-state index in [1.807, 2.05) is 24.3 Å². The van der Waals surface area contributed by atoms with E-state index in [9.17, 15) is 4.79 Å². The molecule has 1 aromatic rings. The molecule has 0 saturated carbocycles. The first-order valence-electron chi connectivity index (χ1n) is 5.09. The second-order valence-electron chi connectivity index (χ2n) is 3.62. The molecular formula is C11H14Cl2N2OS. The number of carbonyl (C=O) groups excluding carboxylic acids is 1. The van der Waals surface area contributed by atoms with Crippen LogP contribution in [0.25, 0.3) is 0 Å². The van der Waals surface area contributed by atoms with Crippen molar-refractivity contribution in [3.63, 3.8) is 0 Å². The lowest BCUT2D eigenvalue weighted by atomic mass is 10.2. The average Bonchev–Trinajstić information content (AvgIpc) is 2.79. The largest absolute Gasteiger partial charge is 0.351 e. The van der Waals surface area contributed by atoms with Gasteiger partial charge in [0.05, 0.1) is 6.04 Å². The first-order valence-corrected chi connectivity index (χ1v) is 6.62. The monoisotopic (exact) mass is 292 g/mol. The number of halogens is 2. The summed E-state index contributed by atoms with van der Waals surface area (Å²) >= 11 is 7.60. The standard InChI is InChI=1S/C11H13ClN2OS.ClH/c12-9-3-1-2-8(4-9)5-13-11(15)10-6-16-7-14-10;/h1-4,10,14H,5-7H2,(H,13,15);1H. The molecule has 1 heterocycles. The molecule has 6 heteroatoms. The summed E-state index contributed by atoms with van der Waals surface area (Å²) in [7, 11) is 0. The number of rotatable bonds is 3. The van der Waals surface area contributed by atoms with E-state index in [0.29, 0.717) is 11.6 Å². The number of nitrogens with one attached hydrogen (secondary N) is 2. The van der Waals surface area contributed by atoms with Crippen molar-refractivity contribution in [2.75, 3.05) is 11.6 Å². The van der Waals surface area contributed by atoms with E-state index in [0.717, 1.165) is 17.2 Å². The minimum absolute atomic E-state index is 0. The fraction of sp³-hybridized carbons (Fsp3) is 0.364. The fourth-order valence-electron chi connectivity index (χ4n) is 1.52. The second-order valence-corrected chi connectivity index (χ2v) is 5.09. The van der Waals surface area contributed by atoms with Gasteiger partial charge in [-0.05, 0) is 17.7 Å². The number of hydrogen-bond acceptors (Lipinski definition) is 3. The highest BCUT2D eigenvalue weighted by atomic mass is 35.5. The second kappa shape index (κ2) is 7.11. The molecule has 1 amide bonds. The molecule has 17 heavy (non-hydrogen) atoms. The maximum absolute atomic E-state index is 11.7. The molecule has 0 spiro atoms. The van der Waals surface area contributed by atoms with Gasteiger partial charge >= 0.3 is 0 Å². The van der Waals surface area contributed by atoms with Gasteiger partial charge in [-0.25, -0.2) is 0 Å². The van der Waals surface area contributed by atoms with E-state index < -0.39 is 0 Å². The van der Waals surface area contributed by atoms with Crippen LogP contribution in [0.1, 0.15) is 5.56 Å². The first-order chi connectivity index (χ1) is 7.75. The van der Waals surface area contributed by atoms with Gasteiger partial charge < -0.3 is 5.32 Å². The molecule has 1 aromatic carbocycles. The van der Waals surface area contributed by atoms with Crippen LogP contribution in [-0.2, 0) is 11.3 Å². The first kappa shape index (κ1) is 14.6. The summed E-state index contributed by atoms with van der Waals surface area (Å²) in [6.45, 7) is 0.530. The van der Waals surface area contributed by atoms with E-state index in [1.54, 1.807) is 11.8 Å². The van der Waals surface area contributed by atoms with E-state index in [1.165, 1.54) is 0 Å². The van der Waals surface area contributed by atoms with Crippen molar-refractivity contribution in [2.45, 2.75) is 12.6 Å². The molecule has 1 unspecified atom stereocenters. The van der Waals surface area contributed by atoms with Gasteiger partial charge in [0.15, 0.2) is 0 Å². The van der Waals surface area contributed by atoms with Crippen molar-refractivity contribution in [2.24, 2.45) is 0 Å². The van der Waals surface area contributed by atoms with Crippen LogP contribution in [0.5, 0.6) is 0 Å². The minimum atomic E-state index is -0.0517. The van der Waals surface area contributed by atoms with Crippen LogP contribution in [0.3, 0.4) is 0 Å². The zero-order chi connectivity index (χ0) is 11.4. The Kier molecular flexibility index (Phi) is 6.12. The predicted molar refractivity (Wildman–Crippen MR) is 74.8 cm³/mol. The quantitative estimate of drug-likeness (QED) is 0.896. The van der Waals surface area contributed by atoms with Gasteiger partial charge in [0.2, 0.25) is 5.91 Å². The Hall–Kier alpha value is -0.420. The number of hydrogen-bond donors (Lipinski definition) is 2. The van der Waals surface area contributed by atoms with Crippen molar-refractivity contribution in [1.82, 2.24) is 10.6 Å². The van der Waals surface area contributed by atoms with Crippen LogP contribution in [0, 0.1) is 0 Å². The minimum Gasteiger partial charge on any atom is -0.351 e. The molecule has 3 nitrogen and oxygen atoms in total. The lowest BCUT2D eigenvalue weighted by molar-refractivity contribution is -0.122. The van der Waals surface area contributed by atoms with Crippen LogP contribution in [0.2, 0.25) is 5.02 Å². The zero-order valence-corrected chi connectivity index (χ0v) is 11.5. The van der Waals surface area contributed by atoms with Crippen LogP contribution in [0.4, 0.5) is 0 Å². The van der Waals surface area contributed by atoms with Gasteiger partial charge in [0.1, 0.15) is 0 Å². The Morgan fingerprint density at radius 3 is 3.06 bits per heavy atom. The van der Waals surface area contributed by atoms with E-state index in [-0.39, 0.29) is 24.4 Å². The summed E-state index contributed by atoms with van der Waals surface area (Å²) in [6.07, 6.45) is 0. The third-order valence-corrected chi connectivity index (χ3v) is 3.56. The number of benzene rings is 1. The van der Waals surface area contributed by atoms with E-state index >= 15 is 0 Å². The van der Waals surface area contributed by atoms with Crippen molar-refractivity contribution in [3.05, 3.63) is 34.9 Å². The highest BCUT2D eigenvalue weighted by Gasteiger charge is 2.21. The van der Waals surface area contributed by atoms with Gasteiger partial charge in [0, 0.05) is 23.2 Å². The molecule has 0 aliphatic carbocycles. The summed E-state index contributed by atoms with van der Waals surface area (Å²) in [5, 5.41) is 6.72. The predicted octanol–water partition coefficient (Wildman–Crippen LogP) is 2.04. The van der Waals surface area contributed by atoms with Crippen LogP contribution < -0.4 is 10.6 Å². The summed E-state index contributed by atoms with van der Waals surface area (Å²) in [5.41, 5.74) is 1.02. The molecule has 0 bridgehead atoms. The maximum Gasteiger partial charge on any atom is 0.238 e.